The van der Waals surface area contributed by atoms with E-state index >= 15 is 0 Å². The summed E-state index contributed by atoms with van der Waals surface area (Å²) in [5, 5.41) is 5.46. The van der Waals surface area contributed by atoms with E-state index in [2.05, 4.69) is 22.2 Å². The molecule has 0 aliphatic heterocycles. The summed E-state index contributed by atoms with van der Waals surface area (Å²) >= 11 is 3.39. The molecule has 1 fully saturated rings. The molecule has 1 saturated carbocycles. The van der Waals surface area contributed by atoms with Crippen LogP contribution in [0.3, 0.4) is 0 Å². The number of fused-ring (bicyclic) bond motifs is 3. The largest absolute Gasteiger partial charge is 0.352 e. The van der Waals surface area contributed by atoms with Crippen molar-refractivity contribution in [3.63, 3.8) is 0 Å². The van der Waals surface area contributed by atoms with Crippen molar-refractivity contribution in [1.82, 2.24) is 15.3 Å². The molecule has 2 atom stereocenters. The summed E-state index contributed by atoms with van der Waals surface area (Å²) in [6.45, 7) is 4.20. The van der Waals surface area contributed by atoms with Crippen LogP contribution in [-0.2, 0) is 17.6 Å². The minimum absolute atomic E-state index is 0.139. The highest BCUT2D eigenvalue weighted by Crippen LogP contribution is 2.40. The molecular weight excluding hydrogens is 350 g/mol. The van der Waals surface area contributed by atoms with Crippen LogP contribution in [0.25, 0.3) is 10.2 Å². The third kappa shape index (κ3) is 3.56. The number of hydrogen-bond acceptors (Lipinski definition) is 5. The zero-order valence-corrected chi connectivity index (χ0v) is 16.6. The van der Waals surface area contributed by atoms with Crippen LogP contribution in [0.15, 0.2) is 5.03 Å². The van der Waals surface area contributed by atoms with Gasteiger partial charge >= 0.3 is 0 Å². The van der Waals surface area contributed by atoms with Gasteiger partial charge in [0.05, 0.1) is 5.75 Å². The molecule has 4 rings (SSSR count). The number of nitrogens with zero attached hydrogens (tertiary/aromatic N) is 2. The van der Waals surface area contributed by atoms with E-state index in [1.54, 1.807) is 11.8 Å². The normalized spacial score (nSPS) is 23.0. The smallest absolute Gasteiger partial charge is 0.230 e. The quantitative estimate of drug-likeness (QED) is 0.640. The fourth-order valence-corrected chi connectivity index (χ4v) is 6.36. The Kier molecular flexibility index (Phi) is 5.00. The molecule has 0 spiro atoms. The molecule has 2 aromatic heterocycles. The molecule has 4 nitrogen and oxygen atoms in total. The van der Waals surface area contributed by atoms with Crippen molar-refractivity contribution in [3.05, 3.63) is 16.3 Å². The van der Waals surface area contributed by atoms with Gasteiger partial charge in [-0.05, 0) is 50.5 Å². The molecule has 134 valence electrons. The van der Waals surface area contributed by atoms with Crippen LogP contribution < -0.4 is 5.32 Å². The Hall–Kier alpha value is -1.14. The van der Waals surface area contributed by atoms with E-state index in [0.717, 1.165) is 28.5 Å². The maximum Gasteiger partial charge on any atom is 0.230 e. The van der Waals surface area contributed by atoms with Gasteiger partial charge in [-0.2, -0.15) is 0 Å². The summed E-state index contributed by atoms with van der Waals surface area (Å²) in [5.74, 6) is 1.98. The van der Waals surface area contributed by atoms with Crippen LogP contribution in [0.2, 0.25) is 0 Å². The number of thiophene rings is 1. The second kappa shape index (κ2) is 7.23. The number of aromatic nitrogens is 2. The molecule has 2 heterocycles. The van der Waals surface area contributed by atoms with Crippen molar-refractivity contribution in [2.75, 3.05) is 5.75 Å². The lowest BCUT2D eigenvalue weighted by Crippen LogP contribution is -2.41. The highest BCUT2D eigenvalue weighted by molar-refractivity contribution is 8.00. The van der Waals surface area contributed by atoms with Crippen LogP contribution in [0.5, 0.6) is 0 Å². The predicted molar refractivity (Wildman–Crippen MR) is 104 cm³/mol. The fourth-order valence-electron chi connectivity index (χ4n) is 4.08. The molecule has 2 aliphatic rings. The molecule has 1 N–H and O–H groups in total. The first-order valence-electron chi connectivity index (χ1n) is 9.33. The molecular formula is C19H25N3OS2. The topological polar surface area (TPSA) is 54.9 Å². The summed E-state index contributed by atoms with van der Waals surface area (Å²) < 4.78 is 0. The summed E-state index contributed by atoms with van der Waals surface area (Å²) in [6, 6.07) is 0.347. The maximum absolute atomic E-state index is 12.5. The zero-order chi connectivity index (χ0) is 17.4. The Morgan fingerprint density at radius 2 is 2.08 bits per heavy atom. The third-order valence-electron chi connectivity index (χ3n) is 5.44. The van der Waals surface area contributed by atoms with Crippen molar-refractivity contribution in [2.45, 2.75) is 69.9 Å². The van der Waals surface area contributed by atoms with E-state index in [4.69, 9.17) is 0 Å². The summed E-state index contributed by atoms with van der Waals surface area (Å²) in [5.41, 5.74) is 1.43. The van der Waals surface area contributed by atoms with E-state index < -0.39 is 0 Å². The van der Waals surface area contributed by atoms with Crippen LogP contribution in [0.1, 0.15) is 55.3 Å². The van der Waals surface area contributed by atoms with Gasteiger partial charge in [-0.1, -0.05) is 31.5 Å². The lowest BCUT2D eigenvalue weighted by atomic mass is 9.86. The average Bonchev–Trinajstić information content (AvgIpc) is 3.15. The molecule has 6 heteroatoms. The second-order valence-electron chi connectivity index (χ2n) is 7.34. The standard InChI is InChI=1S/C19H25N3OS2/c1-11-6-3-4-8-14(11)22-16(23)10-24-18-17-13-7-5-9-15(13)25-19(17)21-12(2)20-18/h11,14H,3-10H2,1-2H3,(H,22,23)/t11-,14+/m0/s1. The first-order valence-corrected chi connectivity index (χ1v) is 11.1. The van der Waals surface area contributed by atoms with Gasteiger partial charge in [-0.3, -0.25) is 4.79 Å². The zero-order valence-electron chi connectivity index (χ0n) is 14.9. The highest BCUT2D eigenvalue weighted by Gasteiger charge is 2.24. The molecule has 0 saturated heterocycles. The molecule has 2 aliphatic carbocycles. The first kappa shape index (κ1) is 17.3. The second-order valence-corrected chi connectivity index (χ2v) is 9.39. The Balaban J connectivity index is 1.48. The van der Waals surface area contributed by atoms with Crippen LogP contribution >= 0.6 is 23.1 Å². The van der Waals surface area contributed by atoms with Gasteiger partial charge in [0.2, 0.25) is 5.91 Å². The molecule has 1 amide bonds. The SMILES string of the molecule is Cc1nc(SCC(=O)N[C@@H]2CCCC[C@@H]2C)c2c3c(sc2n1)CCC3. The highest BCUT2D eigenvalue weighted by atomic mass is 32.2. The average molecular weight is 376 g/mol. The van der Waals surface area contributed by atoms with Crippen LogP contribution in [0, 0.1) is 12.8 Å². The molecule has 0 aromatic carbocycles. The number of hydrogen-bond donors (Lipinski definition) is 1. The molecule has 25 heavy (non-hydrogen) atoms. The van der Waals surface area contributed by atoms with Crippen LogP contribution in [0.4, 0.5) is 0 Å². The van der Waals surface area contributed by atoms with Gasteiger partial charge in [-0.15, -0.1) is 11.3 Å². The summed E-state index contributed by atoms with van der Waals surface area (Å²) in [7, 11) is 0. The number of amides is 1. The third-order valence-corrected chi connectivity index (χ3v) is 7.60. The lowest BCUT2D eigenvalue weighted by Gasteiger charge is -2.29. The Labute approximate surface area is 157 Å². The minimum Gasteiger partial charge on any atom is -0.352 e. The number of carbonyl (C=O) groups excluding carboxylic acids is 1. The van der Waals surface area contributed by atoms with E-state index in [-0.39, 0.29) is 5.91 Å². The minimum atomic E-state index is 0.139. The fraction of sp³-hybridized carbons (Fsp3) is 0.632. The number of aryl methyl sites for hydroxylation is 3. The Bertz CT molecular complexity index is 802. The van der Waals surface area contributed by atoms with Gasteiger partial charge in [0.1, 0.15) is 15.7 Å². The monoisotopic (exact) mass is 375 g/mol. The molecule has 0 radical (unpaired) electrons. The molecule has 0 bridgehead atoms. The number of nitrogens with one attached hydrogen (secondary N) is 1. The number of thioether (sulfide) groups is 1. The van der Waals surface area contributed by atoms with E-state index in [1.807, 2.05) is 18.3 Å². The van der Waals surface area contributed by atoms with E-state index in [9.17, 15) is 4.79 Å². The van der Waals surface area contributed by atoms with Gasteiger partial charge in [0.15, 0.2) is 0 Å². The Morgan fingerprint density at radius 1 is 1.24 bits per heavy atom. The van der Waals surface area contributed by atoms with E-state index in [0.29, 0.717) is 17.7 Å². The molecule has 2 aromatic rings. The van der Waals surface area contributed by atoms with Gasteiger partial charge in [0, 0.05) is 16.3 Å². The van der Waals surface area contributed by atoms with Crippen molar-refractivity contribution in [3.8, 4) is 0 Å². The van der Waals surface area contributed by atoms with Crippen molar-refractivity contribution in [1.29, 1.82) is 0 Å². The number of carbonyl (C=O) groups is 1. The van der Waals surface area contributed by atoms with Crippen molar-refractivity contribution < 1.29 is 4.79 Å². The summed E-state index contributed by atoms with van der Waals surface area (Å²) in [6.07, 6.45) is 8.39. The first-order chi connectivity index (χ1) is 12.1. The Morgan fingerprint density at radius 3 is 2.92 bits per heavy atom. The lowest BCUT2D eigenvalue weighted by molar-refractivity contribution is -0.119. The van der Waals surface area contributed by atoms with Crippen molar-refractivity contribution >= 4 is 39.2 Å². The van der Waals surface area contributed by atoms with Crippen LogP contribution in [-0.4, -0.2) is 27.7 Å². The van der Waals surface area contributed by atoms with E-state index in [1.165, 1.54) is 47.9 Å². The van der Waals surface area contributed by atoms with Crippen molar-refractivity contribution in [2.24, 2.45) is 5.92 Å². The van der Waals surface area contributed by atoms with Gasteiger partial charge in [-0.25, -0.2) is 9.97 Å². The van der Waals surface area contributed by atoms with Gasteiger partial charge in [0.25, 0.3) is 0 Å². The van der Waals surface area contributed by atoms with Gasteiger partial charge < -0.3 is 5.32 Å². The summed E-state index contributed by atoms with van der Waals surface area (Å²) in [4.78, 5) is 24.3. The molecule has 0 unspecified atom stereocenters. The maximum atomic E-state index is 12.5. The number of rotatable bonds is 4. The predicted octanol–water partition coefficient (Wildman–Crippen LogP) is 4.28.